The van der Waals surface area contributed by atoms with Crippen LogP contribution >= 0.6 is 27.5 Å². The van der Waals surface area contributed by atoms with Crippen molar-refractivity contribution in [2.75, 3.05) is 0 Å². The van der Waals surface area contributed by atoms with Crippen LogP contribution in [0.2, 0.25) is 0 Å². The highest BCUT2D eigenvalue weighted by atomic mass is 79.9. The zero-order valence-corrected chi connectivity index (χ0v) is 9.39. The van der Waals surface area contributed by atoms with Gasteiger partial charge in [-0.3, -0.25) is 0 Å². The lowest BCUT2D eigenvalue weighted by molar-refractivity contribution is 0.197. The van der Waals surface area contributed by atoms with Crippen molar-refractivity contribution in [2.24, 2.45) is 0 Å². The number of aliphatic hydroxyl groups is 1. The van der Waals surface area contributed by atoms with Crippen molar-refractivity contribution in [3.63, 3.8) is 0 Å². The third kappa shape index (κ3) is 1.61. The predicted octanol–water partition coefficient (Wildman–Crippen LogP) is 3.11. The molecule has 0 radical (unpaired) electrons. The maximum atomic E-state index is 9.43. The number of fused-ring (bicyclic) bond motifs is 1. The zero-order chi connectivity index (χ0) is 9.42. The van der Waals surface area contributed by atoms with Crippen LogP contribution in [0.1, 0.15) is 18.7 Å². The van der Waals surface area contributed by atoms with Crippen molar-refractivity contribution in [1.29, 1.82) is 0 Å². The van der Waals surface area contributed by atoms with Crippen molar-refractivity contribution < 1.29 is 5.11 Å². The summed E-state index contributed by atoms with van der Waals surface area (Å²) in [4.78, 5) is 0. The van der Waals surface area contributed by atoms with Gasteiger partial charge in [-0.25, -0.2) is 0 Å². The van der Waals surface area contributed by atoms with Crippen LogP contribution in [0.4, 0.5) is 0 Å². The summed E-state index contributed by atoms with van der Waals surface area (Å²) in [5.74, 6) is 0. The molecule has 0 aliphatic carbocycles. The SMILES string of the molecule is CC(O)c1nsc2ccc(Br)cc12. The average Bonchev–Trinajstić information content (AvgIpc) is 2.46. The van der Waals surface area contributed by atoms with E-state index in [1.54, 1.807) is 6.92 Å². The van der Waals surface area contributed by atoms with Gasteiger partial charge >= 0.3 is 0 Å². The molecule has 1 aromatic heterocycles. The number of aliphatic hydroxyl groups excluding tert-OH is 1. The van der Waals surface area contributed by atoms with Crippen molar-refractivity contribution in [3.05, 3.63) is 28.4 Å². The fraction of sp³-hybridized carbons (Fsp3) is 0.222. The summed E-state index contributed by atoms with van der Waals surface area (Å²) < 4.78 is 6.33. The minimum absolute atomic E-state index is 0.497. The van der Waals surface area contributed by atoms with Gasteiger partial charge in [-0.2, -0.15) is 4.37 Å². The molecule has 1 unspecified atom stereocenters. The Kier molecular flexibility index (Phi) is 2.36. The first-order valence-corrected chi connectivity index (χ1v) is 5.48. The molecule has 0 spiro atoms. The van der Waals surface area contributed by atoms with Crippen molar-refractivity contribution in [3.8, 4) is 0 Å². The Morgan fingerprint density at radius 1 is 1.54 bits per heavy atom. The van der Waals surface area contributed by atoms with E-state index in [0.29, 0.717) is 0 Å². The summed E-state index contributed by atoms with van der Waals surface area (Å²) in [6.45, 7) is 1.73. The van der Waals surface area contributed by atoms with E-state index in [1.165, 1.54) is 11.5 Å². The van der Waals surface area contributed by atoms with E-state index in [4.69, 9.17) is 0 Å². The minimum Gasteiger partial charge on any atom is -0.387 e. The number of halogens is 1. The van der Waals surface area contributed by atoms with Gasteiger partial charge in [0.1, 0.15) is 0 Å². The van der Waals surface area contributed by atoms with E-state index >= 15 is 0 Å². The number of benzene rings is 1. The third-order valence-electron chi connectivity index (χ3n) is 1.86. The molecule has 68 valence electrons. The van der Waals surface area contributed by atoms with Crippen LogP contribution in [-0.2, 0) is 0 Å². The van der Waals surface area contributed by atoms with Crippen LogP contribution in [0.5, 0.6) is 0 Å². The molecule has 0 bridgehead atoms. The molecule has 0 aliphatic rings. The fourth-order valence-electron chi connectivity index (χ4n) is 1.23. The quantitative estimate of drug-likeness (QED) is 0.852. The van der Waals surface area contributed by atoms with Crippen LogP contribution < -0.4 is 0 Å². The normalized spacial score (nSPS) is 13.5. The number of hydrogen-bond acceptors (Lipinski definition) is 3. The Labute approximate surface area is 88.5 Å². The molecule has 0 amide bonds. The summed E-state index contributed by atoms with van der Waals surface area (Å²) in [7, 11) is 0. The Bertz CT molecular complexity index is 438. The largest absolute Gasteiger partial charge is 0.387 e. The van der Waals surface area contributed by atoms with Crippen LogP contribution in [0.25, 0.3) is 10.1 Å². The monoisotopic (exact) mass is 257 g/mol. The lowest BCUT2D eigenvalue weighted by Crippen LogP contribution is -1.90. The molecule has 1 atom stereocenters. The van der Waals surface area contributed by atoms with Gasteiger partial charge in [0, 0.05) is 9.86 Å². The molecule has 1 heterocycles. The van der Waals surface area contributed by atoms with Gasteiger partial charge in [0.2, 0.25) is 0 Å². The lowest BCUT2D eigenvalue weighted by Gasteiger charge is -1.99. The Hall–Kier alpha value is -0.450. The van der Waals surface area contributed by atoms with E-state index in [9.17, 15) is 5.11 Å². The van der Waals surface area contributed by atoms with E-state index < -0.39 is 6.10 Å². The van der Waals surface area contributed by atoms with Gasteiger partial charge in [-0.05, 0) is 36.7 Å². The molecular weight excluding hydrogens is 250 g/mol. The highest BCUT2D eigenvalue weighted by molar-refractivity contribution is 9.10. The first-order chi connectivity index (χ1) is 6.18. The van der Waals surface area contributed by atoms with Crippen molar-refractivity contribution >= 4 is 37.5 Å². The van der Waals surface area contributed by atoms with Gasteiger partial charge in [-0.1, -0.05) is 15.9 Å². The van der Waals surface area contributed by atoms with Gasteiger partial charge < -0.3 is 5.11 Å². The van der Waals surface area contributed by atoms with Crippen molar-refractivity contribution in [2.45, 2.75) is 13.0 Å². The van der Waals surface area contributed by atoms with E-state index in [2.05, 4.69) is 20.3 Å². The smallest absolute Gasteiger partial charge is 0.0948 e. The van der Waals surface area contributed by atoms with Gasteiger partial charge in [0.05, 0.1) is 16.5 Å². The molecule has 1 N–H and O–H groups in total. The molecule has 0 fully saturated rings. The second-order valence-electron chi connectivity index (χ2n) is 2.88. The number of hydrogen-bond donors (Lipinski definition) is 1. The summed E-state index contributed by atoms with van der Waals surface area (Å²) in [5, 5.41) is 10.5. The Morgan fingerprint density at radius 3 is 3.00 bits per heavy atom. The lowest BCUT2D eigenvalue weighted by atomic mass is 10.2. The second kappa shape index (κ2) is 3.36. The molecule has 0 aliphatic heterocycles. The Balaban J connectivity index is 2.71. The maximum absolute atomic E-state index is 9.43. The van der Waals surface area contributed by atoms with Crippen LogP contribution in [0, 0.1) is 0 Å². The molecule has 2 aromatic rings. The van der Waals surface area contributed by atoms with Gasteiger partial charge in [0.15, 0.2) is 0 Å². The predicted molar refractivity (Wildman–Crippen MR) is 58.0 cm³/mol. The van der Waals surface area contributed by atoms with Gasteiger partial charge in [0.25, 0.3) is 0 Å². The van der Waals surface area contributed by atoms with E-state index in [-0.39, 0.29) is 0 Å². The Morgan fingerprint density at radius 2 is 2.31 bits per heavy atom. The molecular formula is C9H8BrNOS. The standard InChI is InChI=1S/C9H8BrNOS/c1-5(12)9-7-4-6(10)2-3-8(7)13-11-9/h2-5,12H,1H3. The molecule has 2 nitrogen and oxygen atoms in total. The van der Waals surface area contributed by atoms with Gasteiger partial charge in [-0.15, -0.1) is 0 Å². The second-order valence-corrected chi connectivity index (χ2v) is 4.60. The molecule has 13 heavy (non-hydrogen) atoms. The first-order valence-electron chi connectivity index (χ1n) is 3.91. The summed E-state index contributed by atoms with van der Waals surface area (Å²) >= 11 is 4.82. The number of nitrogens with zero attached hydrogens (tertiary/aromatic N) is 1. The number of aromatic nitrogens is 1. The molecule has 0 saturated heterocycles. The third-order valence-corrected chi connectivity index (χ3v) is 3.19. The molecule has 2 rings (SSSR count). The highest BCUT2D eigenvalue weighted by Gasteiger charge is 2.10. The first kappa shape index (κ1) is 9.12. The van der Waals surface area contributed by atoms with Crippen LogP contribution in [0.15, 0.2) is 22.7 Å². The molecule has 4 heteroatoms. The topological polar surface area (TPSA) is 33.1 Å². The zero-order valence-electron chi connectivity index (χ0n) is 6.99. The van der Waals surface area contributed by atoms with E-state index in [1.807, 2.05) is 18.2 Å². The summed E-state index contributed by atoms with van der Waals surface area (Å²) in [6, 6.07) is 5.97. The molecule has 1 aromatic carbocycles. The maximum Gasteiger partial charge on any atom is 0.0948 e. The fourth-order valence-corrected chi connectivity index (χ4v) is 2.43. The molecule has 0 saturated carbocycles. The summed E-state index contributed by atoms with van der Waals surface area (Å²) in [5.41, 5.74) is 0.765. The number of rotatable bonds is 1. The average molecular weight is 258 g/mol. The van der Waals surface area contributed by atoms with Crippen LogP contribution in [-0.4, -0.2) is 9.48 Å². The minimum atomic E-state index is -0.497. The van der Waals surface area contributed by atoms with Crippen LogP contribution in [0.3, 0.4) is 0 Å². The highest BCUT2D eigenvalue weighted by Crippen LogP contribution is 2.29. The van der Waals surface area contributed by atoms with E-state index in [0.717, 1.165) is 20.3 Å². The summed E-state index contributed by atoms with van der Waals surface area (Å²) in [6.07, 6.45) is -0.497. The van der Waals surface area contributed by atoms with Crippen molar-refractivity contribution in [1.82, 2.24) is 4.37 Å².